The van der Waals surface area contributed by atoms with Gasteiger partial charge in [0.15, 0.2) is 0 Å². The number of hydrogen-bond donors (Lipinski definition) is 0. The fourth-order valence-electron chi connectivity index (χ4n) is 3.88. The van der Waals surface area contributed by atoms with Crippen LogP contribution < -0.4 is 0 Å². The quantitative estimate of drug-likeness (QED) is 0.753. The zero-order valence-electron chi connectivity index (χ0n) is 15.3. The molecule has 0 N–H and O–H groups in total. The Morgan fingerprint density at radius 2 is 2.11 bits per heavy atom. The van der Waals surface area contributed by atoms with Gasteiger partial charge in [0.25, 0.3) is 0 Å². The number of aliphatic imine (C=N–C) groups is 1. The zero-order valence-corrected chi connectivity index (χ0v) is 15.3. The maximum Gasteiger partial charge on any atom is 0.397 e. The van der Waals surface area contributed by atoms with Crippen LogP contribution in [0.1, 0.15) is 36.8 Å². The molecule has 2 atom stereocenters. The van der Waals surface area contributed by atoms with E-state index in [2.05, 4.69) is 9.98 Å². The highest BCUT2D eigenvalue weighted by atomic mass is 19.4. The number of carbonyl (C=O) groups is 1. The van der Waals surface area contributed by atoms with Gasteiger partial charge in [-0.2, -0.15) is 13.2 Å². The first-order valence-electron chi connectivity index (χ1n) is 8.93. The number of hydrogen-bond acceptors (Lipinski definition) is 3. The summed E-state index contributed by atoms with van der Waals surface area (Å²) in [7, 11) is 1.69. The van der Waals surface area contributed by atoms with Crippen LogP contribution in [0.15, 0.2) is 35.5 Å². The van der Waals surface area contributed by atoms with E-state index in [1.165, 1.54) is 4.90 Å². The summed E-state index contributed by atoms with van der Waals surface area (Å²) in [5.41, 5.74) is 2.72. The molecule has 1 fully saturated rings. The molecule has 0 bridgehead atoms. The van der Waals surface area contributed by atoms with E-state index in [4.69, 9.17) is 0 Å². The molecule has 3 rings (SSSR count). The molecule has 2 heterocycles. The molecule has 7 heteroatoms. The van der Waals surface area contributed by atoms with E-state index in [1.807, 2.05) is 31.2 Å². The maximum absolute atomic E-state index is 12.6. The summed E-state index contributed by atoms with van der Waals surface area (Å²) in [6.45, 7) is 2.63. The molecule has 0 aliphatic carbocycles. The maximum atomic E-state index is 12.6. The van der Waals surface area contributed by atoms with Crippen LogP contribution in [0.25, 0.3) is 10.9 Å². The molecule has 4 nitrogen and oxygen atoms in total. The second kappa shape index (κ2) is 7.66. The predicted octanol–water partition coefficient (Wildman–Crippen LogP) is 4.19. The van der Waals surface area contributed by atoms with Gasteiger partial charge in [-0.3, -0.25) is 14.8 Å². The summed E-state index contributed by atoms with van der Waals surface area (Å²) in [6, 6.07) is 7.72. The van der Waals surface area contributed by atoms with Crippen molar-refractivity contribution in [2.24, 2.45) is 10.9 Å². The van der Waals surface area contributed by atoms with Crippen molar-refractivity contribution >= 4 is 23.0 Å². The molecule has 1 saturated heterocycles. The van der Waals surface area contributed by atoms with Gasteiger partial charge in [-0.05, 0) is 24.0 Å². The van der Waals surface area contributed by atoms with Gasteiger partial charge in [0.05, 0.1) is 5.52 Å². The Morgan fingerprint density at radius 1 is 1.33 bits per heavy atom. The fourth-order valence-corrected chi connectivity index (χ4v) is 3.88. The number of likely N-dealkylation sites (tertiary alicyclic amines) is 1. The Labute approximate surface area is 156 Å². The molecular weight excluding hydrogens is 355 g/mol. The third-order valence-electron chi connectivity index (χ3n) is 4.91. The van der Waals surface area contributed by atoms with Crippen molar-refractivity contribution in [2.75, 3.05) is 20.1 Å². The molecule has 0 radical (unpaired) electrons. The van der Waals surface area contributed by atoms with Gasteiger partial charge in [0.1, 0.15) is 6.42 Å². The topological polar surface area (TPSA) is 45.6 Å². The van der Waals surface area contributed by atoms with Crippen LogP contribution in [-0.2, 0) is 4.79 Å². The average molecular weight is 377 g/mol. The first kappa shape index (κ1) is 19.3. The Morgan fingerprint density at radius 3 is 2.81 bits per heavy atom. The molecule has 144 valence electrons. The minimum atomic E-state index is -4.48. The summed E-state index contributed by atoms with van der Waals surface area (Å²) in [5, 5.41) is 0.956. The lowest BCUT2D eigenvalue weighted by molar-refractivity contribution is -0.162. The molecule has 1 amide bonds. The van der Waals surface area contributed by atoms with Gasteiger partial charge in [-0.25, -0.2) is 0 Å². The smallest absolute Gasteiger partial charge is 0.342 e. The van der Waals surface area contributed by atoms with Crippen LogP contribution in [0.2, 0.25) is 0 Å². The third-order valence-corrected chi connectivity index (χ3v) is 4.91. The SMILES string of the molecule is CN=Cc1ccc(C2CC(C)CN(C(=O)CC(F)(F)F)C2)c2cccnc12. The van der Waals surface area contributed by atoms with Crippen LogP contribution in [0, 0.1) is 5.92 Å². The van der Waals surface area contributed by atoms with Gasteiger partial charge < -0.3 is 4.90 Å². The molecule has 2 unspecified atom stereocenters. The van der Waals surface area contributed by atoms with E-state index < -0.39 is 18.5 Å². The van der Waals surface area contributed by atoms with E-state index in [1.54, 1.807) is 19.5 Å². The average Bonchev–Trinajstić information content (AvgIpc) is 2.60. The van der Waals surface area contributed by atoms with E-state index >= 15 is 0 Å². The van der Waals surface area contributed by atoms with E-state index in [0.717, 1.165) is 28.5 Å². The van der Waals surface area contributed by atoms with Gasteiger partial charge in [-0.15, -0.1) is 0 Å². The monoisotopic (exact) mass is 377 g/mol. The minimum absolute atomic E-state index is 0.0229. The van der Waals surface area contributed by atoms with Crippen molar-refractivity contribution in [1.82, 2.24) is 9.88 Å². The Balaban J connectivity index is 1.94. The Hall–Kier alpha value is -2.44. The van der Waals surface area contributed by atoms with Crippen molar-refractivity contribution in [3.63, 3.8) is 0 Å². The number of aromatic nitrogens is 1. The molecule has 1 aromatic carbocycles. The van der Waals surface area contributed by atoms with Gasteiger partial charge >= 0.3 is 6.18 Å². The number of piperidine rings is 1. The van der Waals surface area contributed by atoms with Crippen molar-refractivity contribution in [3.05, 3.63) is 41.6 Å². The zero-order chi connectivity index (χ0) is 19.6. The first-order valence-corrected chi connectivity index (χ1v) is 8.93. The Kier molecular flexibility index (Phi) is 5.48. The molecule has 1 aromatic heterocycles. The number of rotatable bonds is 3. The molecule has 0 spiro atoms. The van der Waals surface area contributed by atoms with E-state index in [9.17, 15) is 18.0 Å². The lowest BCUT2D eigenvalue weighted by atomic mass is 9.83. The largest absolute Gasteiger partial charge is 0.397 e. The molecule has 2 aromatic rings. The number of carbonyl (C=O) groups excluding carboxylic acids is 1. The highest BCUT2D eigenvalue weighted by molar-refractivity contribution is 5.99. The van der Waals surface area contributed by atoms with Crippen molar-refractivity contribution in [2.45, 2.75) is 31.9 Å². The fraction of sp³-hybridized carbons (Fsp3) is 0.450. The highest BCUT2D eigenvalue weighted by Gasteiger charge is 2.36. The molecular formula is C20H22F3N3O. The summed E-state index contributed by atoms with van der Waals surface area (Å²) in [5.74, 6) is -0.744. The summed E-state index contributed by atoms with van der Waals surface area (Å²) in [6.07, 6.45) is -1.61. The van der Waals surface area contributed by atoms with Gasteiger partial charge in [0, 0.05) is 49.4 Å². The normalized spacial score (nSPS) is 21.1. The third kappa shape index (κ3) is 4.46. The Bertz CT molecular complexity index is 863. The molecule has 1 aliphatic rings. The van der Waals surface area contributed by atoms with Crippen LogP contribution >= 0.6 is 0 Å². The molecule has 0 saturated carbocycles. The van der Waals surface area contributed by atoms with Crippen LogP contribution in [0.4, 0.5) is 13.2 Å². The van der Waals surface area contributed by atoms with Crippen LogP contribution in [0.5, 0.6) is 0 Å². The number of halogens is 3. The van der Waals surface area contributed by atoms with Crippen molar-refractivity contribution in [1.29, 1.82) is 0 Å². The number of alkyl halides is 3. The number of nitrogens with zero attached hydrogens (tertiary/aromatic N) is 3. The molecule has 27 heavy (non-hydrogen) atoms. The minimum Gasteiger partial charge on any atom is -0.342 e. The highest BCUT2D eigenvalue weighted by Crippen LogP contribution is 2.35. The predicted molar refractivity (Wildman–Crippen MR) is 99.0 cm³/mol. The standard InChI is InChI=1S/C20H22F3N3O/c1-13-8-15(12-26(11-13)18(27)9-20(21,22)23)16-6-5-14(10-24-2)19-17(16)4-3-7-25-19/h3-7,10,13,15H,8-9,11-12H2,1-2H3. The summed E-state index contributed by atoms with van der Waals surface area (Å²) < 4.78 is 37.9. The number of pyridine rings is 1. The van der Waals surface area contributed by atoms with Crippen molar-refractivity contribution < 1.29 is 18.0 Å². The lowest BCUT2D eigenvalue weighted by Crippen LogP contribution is -2.43. The summed E-state index contributed by atoms with van der Waals surface area (Å²) >= 11 is 0. The number of amides is 1. The molecule has 1 aliphatic heterocycles. The van der Waals surface area contributed by atoms with Crippen LogP contribution in [-0.4, -0.2) is 48.3 Å². The second-order valence-electron chi connectivity index (χ2n) is 7.16. The van der Waals surface area contributed by atoms with Gasteiger partial charge in [0.2, 0.25) is 5.91 Å². The second-order valence-corrected chi connectivity index (χ2v) is 7.16. The summed E-state index contributed by atoms with van der Waals surface area (Å²) in [4.78, 5) is 22.0. The van der Waals surface area contributed by atoms with E-state index in [0.29, 0.717) is 13.1 Å². The first-order chi connectivity index (χ1) is 12.8. The van der Waals surface area contributed by atoms with Crippen molar-refractivity contribution in [3.8, 4) is 0 Å². The number of benzene rings is 1. The van der Waals surface area contributed by atoms with Gasteiger partial charge in [-0.1, -0.05) is 25.1 Å². The van der Waals surface area contributed by atoms with Crippen LogP contribution in [0.3, 0.4) is 0 Å². The lowest BCUT2D eigenvalue weighted by Gasteiger charge is -2.37. The van der Waals surface area contributed by atoms with E-state index in [-0.39, 0.29) is 11.8 Å². The number of fused-ring (bicyclic) bond motifs is 1.